The second-order valence-electron chi connectivity index (χ2n) is 9.91. The second kappa shape index (κ2) is 5.75. The summed E-state index contributed by atoms with van der Waals surface area (Å²) in [6.07, 6.45) is 8.28. The minimum atomic E-state index is -1.44. The number of aliphatic hydroxyl groups is 2. The van der Waals surface area contributed by atoms with Gasteiger partial charge < -0.3 is 10.2 Å². The number of fused-ring (bicyclic) bond motifs is 5. The van der Waals surface area contributed by atoms with Gasteiger partial charge in [0.25, 0.3) is 0 Å². The lowest BCUT2D eigenvalue weighted by atomic mass is 9.48. The molecule has 4 rings (SSSR count). The molecular weight excluding hydrogens is 328 g/mol. The highest BCUT2D eigenvalue weighted by Crippen LogP contribution is 2.67. The van der Waals surface area contributed by atoms with E-state index in [1.807, 2.05) is 6.92 Å². The van der Waals surface area contributed by atoms with Gasteiger partial charge in [-0.2, -0.15) is 0 Å². The zero-order chi connectivity index (χ0) is 18.9. The molecule has 0 heterocycles. The van der Waals surface area contributed by atoms with Crippen LogP contribution in [-0.2, 0) is 9.59 Å². The van der Waals surface area contributed by atoms with Crippen molar-refractivity contribution in [2.75, 3.05) is 6.61 Å². The van der Waals surface area contributed by atoms with Gasteiger partial charge in [-0.25, -0.2) is 0 Å². The normalized spacial score (nSPS) is 50.5. The largest absolute Gasteiger partial charge is 0.388 e. The summed E-state index contributed by atoms with van der Waals surface area (Å²) < 4.78 is 0. The van der Waals surface area contributed by atoms with Crippen molar-refractivity contribution in [1.29, 1.82) is 0 Å². The molecule has 0 aromatic rings. The maximum absolute atomic E-state index is 12.5. The molecule has 0 aromatic heterocycles. The standard InChI is InChI=1S/C22H32O4/c1-13-10-18-16-5-4-14-11-15(24)6-8-20(14,2)17(16)7-9-21(18,3)22(13,26)19(25)12-23/h7,13-14,16,18,23,26H,4-6,8-12H2,1-3H3/t13-,14+,16-,18-,20+,21+,22+/m0/s1. The van der Waals surface area contributed by atoms with Crippen molar-refractivity contribution in [3.63, 3.8) is 0 Å². The van der Waals surface area contributed by atoms with Crippen molar-refractivity contribution in [1.82, 2.24) is 0 Å². The number of hydrogen-bond acceptors (Lipinski definition) is 4. The maximum Gasteiger partial charge on any atom is 0.190 e. The van der Waals surface area contributed by atoms with Gasteiger partial charge in [-0.15, -0.1) is 0 Å². The molecule has 0 saturated heterocycles. The lowest BCUT2D eigenvalue weighted by molar-refractivity contribution is -0.162. The summed E-state index contributed by atoms with van der Waals surface area (Å²) in [5.41, 5.74) is -0.344. The summed E-state index contributed by atoms with van der Waals surface area (Å²) in [7, 11) is 0. The molecule has 3 saturated carbocycles. The minimum Gasteiger partial charge on any atom is -0.388 e. The molecule has 144 valence electrons. The molecular formula is C22H32O4. The summed E-state index contributed by atoms with van der Waals surface area (Å²) in [5, 5.41) is 20.9. The number of hydrogen-bond donors (Lipinski definition) is 2. The number of ketones is 2. The molecule has 3 fully saturated rings. The van der Waals surface area contributed by atoms with Crippen LogP contribution in [0.4, 0.5) is 0 Å². The van der Waals surface area contributed by atoms with E-state index in [0.717, 1.165) is 25.7 Å². The van der Waals surface area contributed by atoms with Gasteiger partial charge >= 0.3 is 0 Å². The van der Waals surface area contributed by atoms with Crippen LogP contribution in [-0.4, -0.2) is 34.0 Å². The molecule has 0 radical (unpaired) electrons. The van der Waals surface area contributed by atoms with Gasteiger partial charge in [0.2, 0.25) is 0 Å². The SMILES string of the molecule is C[C@H]1C[C@H]2[C@H]3CC[C@@H]4CC(=O)CC[C@@]4(C)C3=CC[C@@]2(C)[C@]1(O)C(=O)CO. The summed E-state index contributed by atoms with van der Waals surface area (Å²) in [4.78, 5) is 24.5. The first-order valence-electron chi connectivity index (χ1n) is 10.3. The smallest absolute Gasteiger partial charge is 0.190 e. The Labute approximate surface area is 156 Å². The first-order chi connectivity index (χ1) is 12.2. The van der Waals surface area contributed by atoms with E-state index in [-0.39, 0.29) is 17.3 Å². The molecule has 4 heteroatoms. The Morgan fingerprint density at radius 1 is 1.31 bits per heavy atom. The molecule has 0 spiro atoms. The van der Waals surface area contributed by atoms with Crippen molar-refractivity contribution >= 4 is 11.6 Å². The first-order valence-corrected chi connectivity index (χ1v) is 10.3. The van der Waals surface area contributed by atoms with Gasteiger partial charge in [0, 0.05) is 18.3 Å². The summed E-state index contributed by atoms with van der Waals surface area (Å²) >= 11 is 0. The number of aliphatic hydroxyl groups excluding tert-OH is 1. The molecule has 0 unspecified atom stereocenters. The molecule has 2 N–H and O–H groups in total. The van der Waals surface area contributed by atoms with Crippen molar-refractivity contribution in [2.45, 2.75) is 71.3 Å². The highest BCUT2D eigenvalue weighted by atomic mass is 16.3. The average Bonchev–Trinajstić information content (AvgIpc) is 2.83. The van der Waals surface area contributed by atoms with Crippen LogP contribution >= 0.6 is 0 Å². The summed E-state index contributed by atoms with van der Waals surface area (Å²) in [6.45, 7) is 5.77. The van der Waals surface area contributed by atoms with E-state index in [4.69, 9.17) is 0 Å². The van der Waals surface area contributed by atoms with Crippen LogP contribution in [0.2, 0.25) is 0 Å². The Bertz CT molecular complexity index is 682. The maximum atomic E-state index is 12.5. The van der Waals surface area contributed by atoms with Crippen LogP contribution in [0.25, 0.3) is 0 Å². The van der Waals surface area contributed by atoms with Crippen molar-refractivity contribution in [3.8, 4) is 0 Å². The molecule has 4 nitrogen and oxygen atoms in total. The van der Waals surface area contributed by atoms with Crippen LogP contribution in [0.3, 0.4) is 0 Å². The monoisotopic (exact) mass is 360 g/mol. The van der Waals surface area contributed by atoms with Crippen LogP contribution in [0.5, 0.6) is 0 Å². The van der Waals surface area contributed by atoms with E-state index >= 15 is 0 Å². The topological polar surface area (TPSA) is 74.6 Å². The van der Waals surface area contributed by atoms with Gasteiger partial charge in [-0.3, -0.25) is 9.59 Å². The van der Waals surface area contributed by atoms with E-state index in [1.54, 1.807) is 0 Å². The molecule has 0 aromatic carbocycles. The Morgan fingerprint density at radius 2 is 2.04 bits per heavy atom. The van der Waals surface area contributed by atoms with Gasteiger partial charge in [-0.05, 0) is 61.2 Å². The lowest BCUT2D eigenvalue weighted by Crippen LogP contribution is -2.58. The lowest BCUT2D eigenvalue weighted by Gasteiger charge is -2.56. The molecule has 0 aliphatic heterocycles. The highest BCUT2D eigenvalue weighted by Gasteiger charge is 2.67. The third kappa shape index (κ3) is 2.09. The van der Waals surface area contributed by atoms with Crippen LogP contribution in [0, 0.1) is 34.5 Å². The molecule has 0 amide bonds. The zero-order valence-electron chi connectivity index (χ0n) is 16.3. The third-order valence-corrected chi connectivity index (χ3v) is 8.99. The third-order valence-electron chi connectivity index (χ3n) is 8.99. The minimum absolute atomic E-state index is 0.100. The summed E-state index contributed by atoms with van der Waals surface area (Å²) in [6, 6.07) is 0. The van der Waals surface area contributed by atoms with Crippen LogP contribution in [0.1, 0.15) is 65.7 Å². The number of carbonyl (C=O) groups excluding carboxylic acids is 2. The van der Waals surface area contributed by atoms with Crippen molar-refractivity contribution in [3.05, 3.63) is 11.6 Å². The number of carbonyl (C=O) groups is 2. The Kier molecular flexibility index (Phi) is 4.06. The predicted octanol–water partition coefficient (Wildman–Crippen LogP) is 3.06. The Morgan fingerprint density at radius 3 is 2.73 bits per heavy atom. The van der Waals surface area contributed by atoms with E-state index in [9.17, 15) is 19.8 Å². The van der Waals surface area contributed by atoms with E-state index in [2.05, 4.69) is 19.9 Å². The molecule has 0 bridgehead atoms. The van der Waals surface area contributed by atoms with E-state index in [1.165, 1.54) is 5.57 Å². The van der Waals surface area contributed by atoms with Crippen LogP contribution < -0.4 is 0 Å². The molecule has 26 heavy (non-hydrogen) atoms. The number of allylic oxidation sites excluding steroid dienone is 2. The van der Waals surface area contributed by atoms with Gasteiger partial charge in [0.1, 0.15) is 18.0 Å². The fourth-order valence-electron chi connectivity index (χ4n) is 7.38. The van der Waals surface area contributed by atoms with Crippen molar-refractivity contribution < 1.29 is 19.8 Å². The first kappa shape index (κ1) is 18.4. The zero-order valence-corrected chi connectivity index (χ0v) is 16.3. The van der Waals surface area contributed by atoms with E-state index < -0.39 is 23.4 Å². The van der Waals surface area contributed by atoms with Gasteiger partial charge in [-0.1, -0.05) is 32.4 Å². The average molecular weight is 360 g/mol. The Hall–Kier alpha value is -1.00. The fourth-order valence-corrected chi connectivity index (χ4v) is 7.38. The van der Waals surface area contributed by atoms with E-state index in [0.29, 0.717) is 36.9 Å². The number of Topliss-reactive ketones (excluding diaryl/α,β-unsaturated/α-hetero) is 2. The predicted molar refractivity (Wildman–Crippen MR) is 98.3 cm³/mol. The summed E-state index contributed by atoms with van der Waals surface area (Å²) in [5.74, 6) is 0.968. The Balaban J connectivity index is 1.74. The molecule has 7 atom stereocenters. The highest BCUT2D eigenvalue weighted by molar-refractivity contribution is 5.90. The van der Waals surface area contributed by atoms with Gasteiger partial charge in [0.05, 0.1) is 0 Å². The van der Waals surface area contributed by atoms with Crippen LogP contribution in [0.15, 0.2) is 11.6 Å². The fraction of sp³-hybridized carbons (Fsp3) is 0.818. The number of rotatable bonds is 2. The van der Waals surface area contributed by atoms with Gasteiger partial charge in [0.15, 0.2) is 5.78 Å². The molecule has 4 aliphatic rings. The quantitative estimate of drug-likeness (QED) is 0.742. The second-order valence-corrected chi connectivity index (χ2v) is 9.91. The van der Waals surface area contributed by atoms with Crippen molar-refractivity contribution in [2.24, 2.45) is 34.5 Å². The molecule has 4 aliphatic carbocycles.